The molecule has 0 atom stereocenters. The predicted octanol–water partition coefficient (Wildman–Crippen LogP) is 2.63. The Balaban J connectivity index is 1.95. The van der Waals surface area contributed by atoms with E-state index in [1.165, 1.54) is 0 Å². The van der Waals surface area contributed by atoms with Gasteiger partial charge in [-0.25, -0.2) is 0 Å². The van der Waals surface area contributed by atoms with E-state index in [4.69, 9.17) is 10.2 Å². The molecule has 2 rings (SSSR count). The van der Waals surface area contributed by atoms with Gasteiger partial charge in [-0.3, -0.25) is 9.69 Å². The van der Waals surface area contributed by atoms with Crippen LogP contribution in [0.15, 0.2) is 41.0 Å². The first-order valence-corrected chi connectivity index (χ1v) is 6.99. The van der Waals surface area contributed by atoms with Crippen LogP contribution >= 0.6 is 0 Å². The van der Waals surface area contributed by atoms with Crippen LogP contribution in [0, 0.1) is 6.92 Å². The van der Waals surface area contributed by atoms with Crippen LogP contribution in [0.3, 0.4) is 0 Å². The number of nitrogens with two attached hydrogens (primary N) is 1. The summed E-state index contributed by atoms with van der Waals surface area (Å²) in [6.07, 6.45) is 1.64. The van der Waals surface area contributed by atoms with E-state index in [-0.39, 0.29) is 5.91 Å². The number of carbonyl (C=O) groups is 1. The zero-order valence-corrected chi connectivity index (χ0v) is 12.4. The monoisotopic (exact) mass is 287 g/mol. The summed E-state index contributed by atoms with van der Waals surface area (Å²) in [7, 11) is 0. The molecule has 0 saturated heterocycles. The Kier molecular flexibility index (Phi) is 5.00. The fourth-order valence-corrected chi connectivity index (χ4v) is 2.07. The number of hydrogen-bond donors (Lipinski definition) is 2. The van der Waals surface area contributed by atoms with Crippen molar-refractivity contribution in [3.05, 3.63) is 47.9 Å². The molecular weight excluding hydrogens is 266 g/mol. The summed E-state index contributed by atoms with van der Waals surface area (Å²) in [5.74, 6) is 0.793. The minimum absolute atomic E-state index is 0.0582. The van der Waals surface area contributed by atoms with Crippen LogP contribution < -0.4 is 11.1 Å². The molecule has 0 saturated carbocycles. The van der Waals surface area contributed by atoms with E-state index in [1.54, 1.807) is 12.3 Å². The van der Waals surface area contributed by atoms with Crippen LogP contribution in [0.2, 0.25) is 0 Å². The molecule has 3 N–H and O–H groups in total. The van der Waals surface area contributed by atoms with Crippen LogP contribution in [-0.4, -0.2) is 23.9 Å². The first kappa shape index (κ1) is 15.1. The van der Waals surface area contributed by atoms with Crippen molar-refractivity contribution >= 4 is 17.3 Å². The summed E-state index contributed by atoms with van der Waals surface area (Å²) < 4.78 is 5.31. The summed E-state index contributed by atoms with van der Waals surface area (Å²) in [6, 6.07) is 9.24. The molecule has 5 heteroatoms. The van der Waals surface area contributed by atoms with Crippen molar-refractivity contribution in [1.29, 1.82) is 0 Å². The fourth-order valence-electron chi connectivity index (χ4n) is 2.07. The van der Waals surface area contributed by atoms with Gasteiger partial charge < -0.3 is 15.5 Å². The van der Waals surface area contributed by atoms with Gasteiger partial charge in [0, 0.05) is 11.4 Å². The number of hydrogen-bond acceptors (Lipinski definition) is 4. The molecule has 0 bridgehead atoms. The van der Waals surface area contributed by atoms with Crippen LogP contribution in [0.5, 0.6) is 0 Å². The van der Waals surface area contributed by atoms with Crippen molar-refractivity contribution < 1.29 is 9.21 Å². The Bertz CT molecular complexity index is 594. The summed E-state index contributed by atoms with van der Waals surface area (Å²) in [5, 5.41) is 2.90. The van der Waals surface area contributed by atoms with Crippen LogP contribution in [0.4, 0.5) is 11.4 Å². The molecule has 112 valence electrons. The Labute approximate surface area is 124 Å². The standard InChI is InChI=1S/C16H21N3O2/c1-3-19(10-14-5-4-8-21-14)11-16(20)18-15-9-13(17)7-6-12(15)2/h4-9H,3,10-11,17H2,1-2H3,(H,18,20). The van der Waals surface area contributed by atoms with Crippen molar-refractivity contribution in [2.75, 3.05) is 24.1 Å². The lowest BCUT2D eigenvalue weighted by Crippen LogP contribution is -2.32. The third kappa shape index (κ3) is 4.36. The highest BCUT2D eigenvalue weighted by atomic mass is 16.3. The molecule has 0 spiro atoms. The molecular formula is C16H21N3O2. The summed E-state index contributed by atoms with van der Waals surface area (Å²) in [6.45, 7) is 5.65. The number of carbonyl (C=O) groups excluding carboxylic acids is 1. The van der Waals surface area contributed by atoms with E-state index in [0.29, 0.717) is 18.8 Å². The van der Waals surface area contributed by atoms with Crippen molar-refractivity contribution in [2.45, 2.75) is 20.4 Å². The average Bonchev–Trinajstić information content (AvgIpc) is 2.95. The molecule has 0 fully saturated rings. The van der Waals surface area contributed by atoms with Gasteiger partial charge in [0.05, 0.1) is 19.4 Å². The third-order valence-electron chi connectivity index (χ3n) is 3.31. The minimum atomic E-state index is -0.0582. The van der Waals surface area contributed by atoms with Gasteiger partial charge in [0.15, 0.2) is 0 Å². The summed E-state index contributed by atoms with van der Waals surface area (Å²) in [4.78, 5) is 14.2. The topological polar surface area (TPSA) is 71.5 Å². The van der Waals surface area contributed by atoms with Gasteiger partial charge in [-0.15, -0.1) is 0 Å². The van der Waals surface area contributed by atoms with E-state index in [9.17, 15) is 4.79 Å². The van der Waals surface area contributed by atoms with Gasteiger partial charge in [0.25, 0.3) is 0 Å². The van der Waals surface area contributed by atoms with E-state index in [2.05, 4.69) is 5.32 Å². The quantitative estimate of drug-likeness (QED) is 0.801. The summed E-state index contributed by atoms with van der Waals surface area (Å²) >= 11 is 0. The Morgan fingerprint density at radius 2 is 2.19 bits per heavy atom. The number of amides is 1. The van der Waals surface area contributed by atoms with Gasteiger partial charge in [-0.05, 0) is 43.3 Å². The summed E-state index contributed by atoms with van der Waals surface area (Å²) in [5.41, 5.74) is 8.14. The molecule has 5 nitrogen and oxygen atoms in total. The zero-order valence-electron chi connectivity index (χ0n) is 12.4. The lowest BCUT2D eigenvalue weighted by molar-refractivity contribution is -0.117. The predicted molar refractivity (Wildman–Crippen MR) is 83.9 cm³/mol. The number of likely N-dealkylation sites (N-methyl/N-ethyl adjacent to an activating group) is 1. The Morgan fingerprint density at radius 3 is 2.86 bits per heavy atom. The molecule has 1 aromatic carbocycles. The molecule has 2 aromatic rings. The number of nitrogens with one attached hydrogen (secondary N) is 1. The molecule has 0 aliphatic heterocycles. The number of nitrogen functional groups attached to an aromatic ring is 1. The maximum atomic E-state index is 12.1. The maximum Gasteiger partial charge on any atom is 0.238 e. The second-order valence-electron chi connectivity index (χ2n) is 5.01. The van der Waals surface area contributed by atoms with Crippen LogP contribution in [0.25, 0.3) is 0 Å². The highest BCUT2D eigenvalue weighted by Gasteiger charge is 2.12. The fraction of sp³-hybridized carbons (Fsp3) is 0.312. The number of benzene rings is 1. The normalized spacial score (nSPS) is 10.8. The van der Waals surface area contributed by atoms with Gasteiger partial charge in [0.2, 0.25) is 5.91 Å². The largest absolute Gasteiger partial charge is 0.468 e. The Morgan fingerprint density at radius 1 is 1.38 bits per heavy atom. The first-order chi connectivity index (χ1) is 10.1. The molecule has 1 aromatic heterocycles. The lowest BCUT2D eigenvalue weighted by atomic mass is 10.2. The maximum absolute atomic E-state index is 12.1. The first-order valence-electron chi connectivity index (χ1n) is 6.99. The molecule has 0 aliphatic rings. The van der Waals surface area contributed by atoms with Gasteiger partial charge in [-0.2, -0.15) is 0 Å². The van der Waals surface area contributed by atoms with Crippen LogP contribution in [0.1, 0.15) is 18.2 Å². The minimum Gasteiger partial charge on any atom is -0.468 e. The highest BCUT2D eigenvalue weighted by Crippen LogP contribution is 2.18. The zero-order chi connectivity index (χ0) is 15.2. The highest BCUT2D eigenvalue weighted by molar-refractivity contribution is 5.93. The SMILES string of the molecule is CCN(CC(=O)Nc1cc(N)ccc1C)Cc1ccco1. The average molecular weight is 287 g/mol. The van der Waals surface area contributed by atoms with Crippen LogP contribution in [-0.2, 0) is 11.3 Å². The molecule has 0 radical (unpaired) electrons. The molecule has 0 unspecified atom stereocenters. The number of aryl methyl sites for hydroxylation is 1. The van der Waals surface area contributed by atoms with Gasteiger partial charge in [-0.1, -0.05) is 13.0 Å². The third-order valence-corrected chi connectivity index (χ3v) is 3.31. The van der Waals surface area contributed by atoms with Crippen molar-refractivity contribution in [2.24, 2.45) is 0 Å². The number of anilines is 2. The van der Waals surface area contributed by atoms with E-state index < -0.39 is 0 Å². The van der Waals surface area contributed by atoms with Gasteiger partial charge >= 0.3 is 0 Å². The number of rotatable bonds is 6. The Hall–Kier alpha value is -2.27. The molecule has 1 amide bonds. The lowest BCUT2D eigenvalue weighted by Gasteiger charge is -2.19. The molecule has 1 heterocycles. The smallest absolute Gasteiger partial charge is 0.238 e. The number of nitrogens with zero attached hydrogens (tertiary/aromatic N) is 1. The van der Waals surface area contributed by atoms with Gasteiger partial charge in [0.1, 0.15) is 5.76 Å². The second kappa shape index (κ2) is 6.95. The van der Waals surface area contributed by atoms with Crippen molar-refractivity contribution in [3.63, 3.8) is 0 Å². The van der Waals surface area contributed by atoms with E-state index >= 15 is 0 Å². The van der Waals surface area contributed by atoms with E-state index in [0.717, 1.165) is 23.6 Å². The molecule has 21 heavy (non-hydrogen) atoms. The van der Waals surface area contributed by atoms with Crippen molar-refractivity contribution in [3.8, 4) is 0 Å². The number of furan rings is 1. The molecule has 0 aliphatic carbocycles. The van der Waals surface area contributed by atoms with E-state index in [1.807, 2.05) is 43.0 Å². The van der Waals surface area contributed by atoms with Crippen molar-refractivity contribution in [1.82, 2.24) is 4.90 Å². The second-order valence-corrected chi connectivity index (χ2v) is 5.01.